The summed E-state index contributed by atoms with van der Waals surface area (Å²) in [6.07, 6.45) is 2.24. The molecule has 1 aromatic heterocycles. The van der Waals surface area contributed by atoms with E-state index in [-0.39, 0.29) is 5.91 Å². The van der Waals surface area contributed by atoms with Gasteiger partial charge in [-0.05, 0) is 37.9 Å². The number of hydrogen-bond donors (Lipinski definition) is 1. The van der Waals surface area contributed by atoms with Gasteiger partial charge in [0.2, 0.25) is 0 Å². The van der Waals surface area contributed by atoms with Gasteiger partial charge in [0.1, 0.15) is 4.34 Å². The molecule has 1 fully saturated rings. The second-order valence-electron chi connectivity index (χ2n) is 4.62. The lowest BCUT2D eigenvalue weighted by atomic mass is 9.97. The normalized spacial score (nSPS) is 16.8. The summed E-state index contributed by atoms with van der Waals surface area (Å²) in [4.78, 5) is 14.0. The molecule has 0 spiro atoms. The fourth-order valence-corrected chi connectivity index (χ4v) is 3.67. The van der Waals surface area contributed by atoms with Crippen LogP contribution in [-0.4, -0.2) is 37.5 Å². The van der Waals surface area contributed by atoms with Crippen LogP contribution in [0, 0.1) is 5.92 Å². The van der Waals surface area contributed by atoms with Gasteiger partial charge in [0.15, 0.2) is 0 Å². The number of amides is 1. The summed E-state index contributed by atoms with van der Waals surface area (Å²) in [5.41, 5.74) is 0.517. The third kappa shape index (κ3) is 3.38. The van der Waals surface area contributed by atoms with Gasteiger partial charge in [-0.25, -0.2) is 0 Å². The molecule has 1 N–H and O–H groups in total. The third-order valence-corrected chi connectivity index (χ3v) is 4.71. The Morgan fingerprint density at radius 1 is 1.50 bits per heavy atom. The number of halogens is 2. The molecule has 1 aliphatic heterocycles. The number of nitrogens with one attached hydrogen (secondary N) is 1. The minimum atomic E-state index is -0.0401. The van der Waals surface area contributed by atoms with E-state index in [4.69, 9.17) is 23.2 Å². The third-order valence-electron chi connectivity index (χ3n) is 3.22. The highest BCUT2D eigenvalue weighted by atomic mass is 35.5. The van der Waals surface area contributed by atoms with Crippen molar-refractivity contribution in [3.05, 3.63) is 20.3 Å². The summed E-state index contributed by atoms with van der Waals surface area (Å²) in [5.74, 6) is 0.537. The van der Waals surface area contributed by atoms with Crippen molar-refractivity contribution in [3.63, 3.8) is 0 Å². The van der Waals surface area contributed by atoms with Crippen molar-refractivity contribution in [2.24, 2.45) is 5.92 Å². The quantitative estimate of drug-likeness (QED) is 0.930. The largest absolute Gasteiger partial charge is 0.341 e. The molecule has 1 saturated heterocycles. The summed E-state index contributed by atoms with van der Waals surface area (Å²) < 4.78 is 1.03. The van der Waals surface area contributed by atoms with Crippen molar-refractivity contribution in [1.29, 1.82) is 0 Å². The summed E-state index contributed by atoms with van der Waals surface area (Å²) in [6, 6.07) is 1.65. The van der Waals surface area contributed by atoms with Crippen molar-refractivity contribution in [2.45, 2.75) is 12.8 Å². The Labute approximate surface area is 121 Å². The molecule has 1 amide bonds. The summed E-state index contributed by atoms with van der Waals surface area (Å²) in [6.45, 7) is 2.86. The van der Waals surface area contributed by atoms with Gasteiger partial charge < -0.3 is 10.2 Å². The van der Waals surface area contributed by atoms with Gasteiger partial charge in [0.05, 0.1) is 9.90 Å². The number of rotatable bonds is 3. The zero-order valence-electron chi connectivity index (χ0n) is 10.2. The molecule has 0 unspecified atom stereocenters. The van der Waals surface area contributed by atoms with Crippen LogP contribution in [0.2, 0.25) is 8.67 Å². The molecule has 1 aromatic rings. The zero-order valence-corrected chi connectivity index (χ0v) is 12.5. The fraction of sp³-hybridized carbons (Fsp3) is 0.583. The van der Waals surface area contributed by atoms with Gasteiger partial charge in [-0.2, -0.15) is 0 Å². The lowest BCUT2D eigenvalue weighted by molar-refractivity contribution is 0.0763. The molecule has 2 rings (SSSR count). The van der Waals surface area contributed by atoms with Crippen LogP contribution >= 0.6 is 34.5 Å². The van der Waals surface area contributed by atoms with E-state index in [1.54, 1.807) is 11.0 Å². The number of hydrogen-bond acceptors (Lipinski definition) is 3. The summed E-state index contributed by atoms with van der Waals surface area (Å²) in [7, 11) is 1.83. The van der Waals surface area contributed by atoms with Crippen LogP contribution in [0.25, 0.3) is 0 Å². The fourth-order valence-electron chi connectivity index (χ4n) is 2.23. The topological polar surface area (TPSA) is 32.3 Å². The minimum absolute atomic E-state index is 0.0401. The van der Waals surface area contributed by atoms with Crippen LogP contribution in [0.4, 0.5) is 0 Å². The van der Waals surface area contributed by atoms with E-state index in [1.807, 2.05) is 7.05 Å². The highest BCUT2D eigenvalue weighted by molar-refractivity contribution is 7.20. The molecule has 2 heterocycles. The number of carbonyl (C=O) groups is 1. The van der Waals surface area contributed by atoms with Crippen molar-refractivity contribution in [1.82, 2.24) is 10.2 Å². The first-order valence-electron chi connectivity index (χ1n) is 5.99. The Hall–Kier alpha value is -0.290. The van der Waals surface area contributed by atoms with Crippen molar-refractivity contribution < 1.29 is 4.79 Å². The molecule has 0 bridgehead atoms. The van der Waals surface area contributed by atoms with Gasteiger partial charge in [-0.15, -0.1) is 11.3 Å². The predicted octanol–water partition coefficient (Wildman–Crippen LogP) is 3.13. The number of carbonyl (C=O) groups excluding carboxylic acids is 1. The van der Waals surface area contributed by atoms with Gasteiger partial charge in [-0.3, -0.25) is 4.79 Å². The monoisotopic (exact) mass is 306 g/mol. The number of nitrogens with zero attached hydrogens (tertiary/aromatic N) is 1. The van der Waals surface area contributed by atoms with Crippen molar-refractivity contribution >= 4 is 40.4 Å². The van der Waals surface area contributed by atoms with Crippen LogP contribution < -0.4 is 5.32 Å². The number of piperidine rings is 1. The van der Waals surface area contributed by atoms with E-state index in [1.165, 1.54) is 11.3 Å². The first-order valence-corrected chi connectivity index (χ1v) is 7.56. The van der Waals surface area contributed by atoms with Crippen molar-refractivity contribution in [3.8, 4) is 0 Å². The zero-order chi connectivity index (χ0) is 13.1. The van der Waals surface area contributed by atoms with E-state index in [0.29, 0.717) is 20.2 Å². The second kappa shape index (κ2) is 6.24. The maximum atomic E-state index is 12.2. The number of thiophene rings is 1. The van der Waals surface area contributed by atoms with Gasteiger partial charge in [0.25, 0.3) is 5.91 Å². The Bertz CT molecular complexity index is 430. The standard InChI is InChI=1S/C12H16Cl2N2OS/c1-16(7-8-2-4-15-5-3-8)12(17)9-6-10(13)18-11(9)14/h6,8,15H,2-5,7H2,1H3. The van der Waals surface area contributed by atoms with E-state index in [0.717, 1.165) is 32.5 Å². The average molecular weight is 307 g/mol. The Morgan fingerprint density at radius 3 is 2.72 bits per heavy atom. The molecule has 0 atom stereocenters. The molecule has 3 nitrogen and oxygen atoms in total. The average Bonchev–Trinajstić information content (AvgIpc) is 2.68. The highest BCUT2D eigenvalue weighted by Crippen LogP contribution is 2.32. The SMILES string of the molecule is CN(CC1CCNCC1)C(=O)c1cc(Cl)sc1Cl. The Kier molecular flexibility index (Phi) is 4.90. The molecule has 0 radical (unpaired) electrons. The Morgan fingerprint density at radius 2 is 2.17 bits per heavy atom. The molecule has 6 heteroatoms. The van der Waals surface area contributed by atoms with Gasteiger partial charge in [0, 0.05) is 13.6 Å². The van der Waals surface area contributed by atoms with Crippen LogP contribution in [-0.2, 0) is 0 Å². The van der Waals surface area contributed by atoms with Crippen molar-refractivity contribution in [2.75, 3.05) is 26.7 Å². The minimum Gasteiger partial charge on any atom is -0.341 e. The van der Waals surface area contributed by atoms with Crippen LogP contribution in [0.5, 0.6) is 0 Å². The first-order chi connectivity index (χ1) is 8.58. The van der Waals surface area contributed by atoms with Crippen LogP contribution in [0.15, 0.2) is 6.07 Å². The van der Waals surface area contributed by atoms with Crippen LogP contribution in [0.3, 0.4) is 0 Å². The molecule has 1 aliphatic rings. The molecule has 0 saturated carbocycles. The predicted molar refractivity (Wildman–Crippen MR) is 76.9 cm³/mol. The maximum Gasteiger partial charge on any atom is 0.256 e. The smallest absolute Gasteiger partial charge is 0.256 e. The van der Waals surface area contributed by atoms with E-state index in [9.17, 15) is 4.79 Å². The maximum absolute atomic E-state index is 12.2. The molecular formula is C12H16Cl2N2OS. The van der Waals surface area contributed by atoms with E-state index < -0.39 is 0 Å². The second-order valence-corrected chi connectivity index (χ2v) is 6.90. The molecule has 0 aliphatic carbocycles. The molecule has 0 aromatic carbocycles. The Balaban J connectivity index is 1.97. The van der Waals surface area contributed by atoms with E-state index >= 15 is 0 Å². The highest BCUT2D eigenvalue weighted by Gasteiger charge is 2.21. The van der Waals surface area contributed by atoms with Gasteiger partial charge in [-0.1, -0.05) is 23.2 Å². The lowest BCUT2D eigenvalue weighted by Crippen LogP contribution is -2.37. The lowest BCUT2D eigenvalue weighted by Gasteiger charge is -2.27. The van der Waals surface area contributed by atoms with Crippen LogP contribution in [0.1, 0.15) is 23.2 Å². The summed E-state index contributed by atoms with van der Waals surface area (Å²) in [5, 5.41) is 3.32. The molecule has 100 valence electrons. The molecule has 18 heavy (non-hydrogen) atoms. The van der Waals surface area contributed by atoms with Gasteiger partial charge >= 0.3 is 0 Å². The van der Waals surface area contributed by atoms with E-state index in [2.05, 4.69) is 5.32 Å². The first kappa shape index (κ1) is 14.1. The summed E-state index contributed by atoms with van der Waals surface area (Å²) >= 11 is 13.1. The molecular weight excluding hydrogens is 291 g/mol.